The fourth-order valence-corrected chi connectivity index (χ4v) is 3.02. The molecule has 28 heavy (non-hydrogen) atoms. The average Bonchev–Trinajstić information content (AvgIpc) is 2.71. The summed E-state index contributed by atoms with van der Waals surface area (Å²) in [5, 5.41) is 6.71. The highest BCUT2D eigenvalue weighted by Crippen LogP contribution is 2.14. The van der Waals surface area contributed by atoms with Crippen molar-refractivity contribution in [1.82, 2.24) is 10.6 Å². The lowest BCUT2D eigenvalue weighted by molar-refractivity contribution is 0.0205. The molecule has 1 fully saturated rings. The molecule has 1 aliphatic rings. The molecule has 7 heteroatoms. The van der Waals surface area contributed by atoms with Gasteiger partial charge in [-0.15, -0.1) is 24.0 Å². The molecule has 0 radical (unpaired) electrons. The number of benzene rings is 1. The van der Waals surface area contributed by atoms with E-state index in [1.807, 2.05) is 6.07 Å². The third-order valence-electron chi connectivity index (χ3n) is 4.69. The second-order valence-electron chi connectivity index (χ2n) is 6.93. The Morgan fingerprint density at radius 2 is 1.96 bits per heavy atom. The smallest absolute Gasteiger partial charge is 0.191 e. The highest BCUT2D eigenvalue weighted by Gasteiger charge is 2.13. The molecule has 0 aromatic heterocycles. The Morgan fingerprint density at radius 1 is 1.21 bits per heavy atom. The summed E-state index contributed by atoms with van der Waals surface area (Å²) in [6.45, 7) is 8.89. The van der Waals surface area contributed by atoms with Gasteiger partial charge in [0.05, 0.1) is 0 Å². The number of ether oxygens (including phenoxy) is 2. The molecule has 2 N–H and O–H groups in total. The van der Waals surface area contributed by atoms with E-state index in [4.69, 9.17) is 9.47 Å². The monoisotopic (exact) mass is 504 g/mol. The lowest BCUT2D eigenvalue weighted by Gasteiger charge is -2.21. The van der Waals surface area contributed by atoms with Gasteiger partial charge < -0.3 is 25.0 Å². The minimum Gasteiger partial charge on any atom is -0.381 e. The Morgan fingerprint density at radius 3 is 2.68 bits per heavy atom. The molecule has 0 unspecified atom stereocenters. The van der Waals surface area contributed by atoms with Crippen LogP contribution in [0.5, 0.6) is 0 Å². The minimum absolute atomic E-state index is 0. The first kappa shape index (κ1) is 25.0. The average molecular weight is 504 g/mol. The first-order valence-corrected chi connectivity index (χ1v) is 10.2. The van der Waals surface area contributed by atoms with Crippen molar-refractivity contribution in [2.24, 2.45) is 10.9 Å². The third kappa shape index (κ3) is 10.5. The van der Waals surface area contributed by atoms with Crippen LogP contribution < -0.4 is 15.5 Å². The number of likely N-dealkylation sites (N-methyl/N-ethyl adjacent to an activating group) is 1. The number of hydrogen-bond donors (Lipinski definition) is 2. The third-order valence-corrected chi connectivity index (χ3v) is 4.69. The van der Waals surface area contributed by atoms with E-state index in [0.29, 0.717) is 5.92 Å². The first-order chi connectivity index (χ1) is 13.3. The lowest BCUT2D eigenvalue weighted by Crippen LogP contribution is -2.41. The Hall–Kier alpha value is -1.06. The molecule has 1 aromatic carbocycles. The fourth-order valence-electron chi connectivity index (χ4n) is 3.02. The van der Waals surface area contributed by atoms with E-state index in [0.717, 1.165) is 77.8 Å². The van der Waals surface area contributed by atoms with Crippen molar-refractivity contribution in [2.45, 2.75) is 26.2 Å². The van der Waals surface area contributed by atoms with Gasteiger partial charge in [-0.2, -0.15) is 0 Å². The number of aliphatic imine (C=N–C) groups is 1. The zero-order chi connectivity index (χ0) is 19.2. The number of para-hydroxylation sites is 1. The van der Waals surface area contributed by atoms with Crippen LogP contribution in [0.2, 0.25) is 0 Å². The van der Waals surface area contributed by atoms with Gasteiger partial charge in [0.1, 0.15) is 0 Å². The molecule has 160 valence electrons. The molecular weight excluding hydrogens is 467 g/mol. The van der Waals surface area contributed by atoms with Crippen LogP contribution >= 0.6 is 24.0 Å². The molecule has 0 saturated carbocycles. The summed E-state index contributed by atoms with van der Waals surface area (Å²) in [4.78, 5) is 6.88. The van der Waals surface area contributed by atoms with Gasteiger partial charge in [0, 0.05) is 65.3 Å². The maximum Gasteiger partial charge on any atom is 0.191 e. The number of hydrogen-bond acceptors (Lipinski definition) is 4. The summed E-state index contributed by atoms with van der Waals surface area (Å²) < 4.78 is 11.2. The molecule has 1 heterocycles. The van der Waals surface area contributed by atoms with Crippen molar-refractivity contribution in [3.05, 3.63) is 30.3 Å². The van der Waals surface area contributed by atoms with Crippen LogP contribution in [0.4, 0.5) is 5.69 Å². The van der Waals surface area contributed by atoms with Crippen molar-refractivity contribution in [3.63, 3.8) is 0 Å². The second-order valence-corrected chi connectivity index (χ2v) is 6.93. The van der Waals surface area contributed by atoms with E-state index >= 15 is 0 Å². The van der Waals surface area contributed by atoms with Gasteiger partial charge in [0.15, 0.2) is 5.96 Å². The zero-order valence-corrected chi connectivity index (χ0v) is 19.7. The van der Waals surface area contributed by atoms with Gasteiger partial charge in [-0.05, 0) is 44.2 Å². The topological polar surface area (TPSA) is 58.1 Å². The van der Waals surface area contributed by atoms with Crippen LogP contribution in [0.15, 0.2) is 35.3 Å². The van der Waals surface area contributed by atoms with Crippen LogP contribution in [-0.2, 0) is 9.47 Å². The summed E-state index contributed by atoms with van der Waals surface area (Å²) in [6.07, 6.45) is 3.21. The molecule has 6 nitrogen and oxygen atoms in total. The Balaban J connectivity index is 0.00000392. The highest BCUT2D eigenvalue weighted by atomic mass is 127. The van der Waals surface area contributed by atoms with E-state index in [1.54, 1.807) is 0 Å². The Labute approximate surface area is 187 Å². The molecule has 0 aliphatic carbocycles. The summed E-state index contributed by atoms with van der Waals surface area (Å²) in [7, 11) is 2.11. The van der Waals surface area contributed by atoms with E-state index in [-0.39, 0.29) is 24.0 Å². The molecule has 1 saturated heterocycles. The Bertz CT molecular complexity index is 524. The number of guanidine groups is 1. The number of halogens is 1. The van der Waals surface area contributed by atoms with Crippen LogP contribution in [0.1, 0.15) is 26.2 Å². The number of rotatable bonds is 11. The normalized spacial score (nSPS) is 15.0. The molecular formula is C21H37IN4O2. The van der Waals surface area contributed by atoms with Gasteiger partial charge >= 0.3 is 0 Å². The van der Waals surface area contributed by atoms with E-state index in [9.17, 15) is 0 Å². The lowest BCUT2D eigenvalue weighted by atomic mass is 10.0. The van der Waals surface area contributed by atoms with Crippen LogP contribution in [0.3, 0.4) is 0 Å². The van der Waals surface area contributed by atoms with Crippen LogP contribution in [-0.4, -0.2) is 65.6 Å². The van der Waals surface area contributed by atoms with Crippen molar-refractivity contribution in [3.8, 4) is 0 Å². The van der Waals surface area contributed by atoms with Gasteiger partial charge in [-0.3, -0.25) is 4.99 Å². The second kappa shape index (κ2) is 15.8. The summed E-state index contributed by atoms with van der Waals surface area (Å²) in [6, 6.07) is 10.4. The molecule has 0 amide bonds. The maximum absolute atomic E-state index is 5.80. The molecule has 0 bridgehead atoms. The minimum atomic E-state index is 0. The summed E-state index contributed by atoms with van der Waals surface area (Å²) >= 11 is 0. The maximum atomic E-state index is 5.80. The summed E-state index contributed by atoms with van der Waals surface area (Å²) in [5.74, 6) is 1.55. The van der Waals surface area contributed by atoms with E-state index < -0.39 is 0 Å². The van der Waals surface area contributed by atoms with Gasteiger partial charge in [0.2, 0.25) is 0 Å². The molecule has 1 aromatic rings. The SMILES string of the molecule is CCNC(=NCCCOCC1CCOCC1)NCCN(C)c1ccccc1.I. The number of nitrogens with one attached hydrogen (secondary N) is 2. The van der Waals surface area contributed by atoms with Crippen LogP contribution in [0.25, 0.3) is 0 Å². The predicted molar refractivity (Wildman–Crippen MR) is 128 cm³/mol. The van der Waals surface area contributed by atoms with Crippen molar-refractivity contribution in [2.75, 3.05) is 64.6 Å². The van der Waals surface area contributed by atoms with Crippen molar-refractivity contribution in [1.29, 1.82) is 0 Å². The summed E-state index contributed by atoms with van der Waals surface area (Å²) in [5.41, 5.74) is 1.22. The fraction of sp³-hybridized carbons (Fsp3) is 0.667. The standard InChI is InChI=1S/C21H36N4O2.HI/c1-3-22-21(24-13-14-25(2)20-8-5-4-6-9-20)23-12-7-15-27-18-19-10-16-26-17-11-19;/h4-6,8-9,19H,3,7,10-18H2,1-2H3,(H2,22,23,24);1H. The number of nitrogens with zero attached hydrogens (tertiary/aromatic N) is 2. The van der Waals surface area contributed by atoms with Gasteiger partial charge in [-0.1, -0.05) is 18.2 Å². The number of anilines is 1. The molecule has 2 rings (SSSR count). The molecule has 0 atom stereocenters. The van der Waals surface area contributed by atoms with Crippen molar-refractivity contribution >= 4 is 35.6 Å². The van der Waals surface area contributed by atoms with Gasteiger partial charge in [-0.25, -0.2) is 0 Å². The molecule has 0 spiro atoms. The van der Waals surface area contributed by atoms with Crippen LogP contribution in [0, 0.1) is 5.92 Å². The molecule has 1 aliphatic heterocycles. The predicted octanol–water partition coefficient (Wildman–Crippen LogP) is 3.13. The van der Waals surface area contributed by atoms with Gasteiger partial charge in [0.25, 0.3) is 0 Å². The van der Waals surface area contributed by atoms with E-state index in [1.165, 1.54) is 5.69 Å². The largest absolute Gasteiger partial charge is 0.381 e. The first-order valence-electron chi connectivity index (χ1n) is 10.2. The van der Waals surface area contributed by atoms with E-state index in [2.05, 4.69) is 58.8 Å². The quantitative estimate of drug-likeness (QED) is 0.210. The zero-order valence-electron chi connectivity index (χ0n) is 17.4. The Kier molecular flexibility index (Phi) is 14.1. The highest BCUT2D eigenvalue weighted by molar-refractivity contribution is 14.0. The van der Waals surface area contributed by atoms with Crippen molar-refractivity contribution < 1.29 is 9.47 Å².